The van der Waals surface area contributed by atoms with Crippen LogP contribution in [0.4, 0.5) is 4.39 Å². The molecule has 40 heavy (non-hydrogen) atoms. The second kappa shape index (κ2) is 11.5. The molecule has 4 aliphatic rings. The van der Waals surface area contributed by atoms with Crippen LogP contribution in [0.5, 0.6) is 0 Å². The highest BCUT2D eigenvalue weighted by atomic mass is 19.1. The van der Waals surface area contributed by atoms with Crippen molar-refractivity contribution in [1.82, 2.24) is 20.0 Å². The number of fused-ring (bicyclic) bond motifs is 1. The molecule has 1 N–H and O–H groups in total. The molecule has 1 saturated heterocycles. The number of ether oxygens (including phenoxy) is 1. The molecular weight excluding hydrogens is 507 g/mol. The summed E-state index contributed by atoms with van der Waals surface area (Å²) in [6, 6.07) is 3.75. The van der Waals surface area contributed by atoms with Crippen LogP contribution in [-0.2, 0) is 16.1 Å². The zero-order valence-corrected chi connectivity index (χ0v) is 23.1. The Morgan fingerprint density at radius 3 is 2.50 bits per heavy atom. The first-order chi connectivity index (χ1) is 19.4. The number of nitrogens with one attached hydrogen (secondary N) is 1. The number of aryl methyl sites for hydroxylation is 1. The van der Waals surface area contributed by atoms with Crippen molar-refractivity contribution in [3.63, 3.8) is 0 Å². The van der Waals surface area contributed by atoms with E-state index < -0.39 is 0 Å². The fourth-order valence-corrected chi connectivity index (χ4v) is 5.77. The highest BCUT2D eigenvalue weighted by Crippen LogP contribution is 2.32. The fraction of sp³-hybridized carbons (Fsp3) is 0.469. The third-order valence-corrected chi connectivity index (χ3v) is 8.46. The zero-order valence-electron chi connectivity index (χ0n) is 23.1. The Balaban J connectivity index is 1.00. The maximum Gasteiger partial charge on any atom is 0.251 e. The van der Waals surface area contributed by atoms with Crippen LogP contribution in [0.2, 0.25) is 0 Å². The molecule has 0 bridgehead atoms. The van der Waals surface area contributed by atoms with Crippen LogP contribution >= 0.6 is 0 Å². The lowest BCUT2D eigenvalue weighted by Gasteiger charge is -2.40. The number of hydrogen-bond acceptors (Lipinski definition) is 4. The second-order valence-electron chi connectivity index (χ2n) is 11.6. The van der Waals surface area contributed by atoms with Gasteiger partial charge in [-0.3, -0.25) is 14.3 Å². The van der Waals surface area contributed by atoms with E-state index in [1.807, 2.05) is 53.1 Å². The first-order valence-electron chi connectivity index (χ1n) is 14.5. The van der Waals surface area contributed by atoms with Gasteiger partial charge in [0.1, 0.15) is 5.83 Å². The van der Waals surface area contributed by atoms with Crippen LogP contribution in [0.1, 0.15) is 54.4 Å². The molecule has 2 fully saturated rings. The summed E-state index contributed by atoms with van der Waals surface area (Å²) in [7, 11) is 0. The molecule has 3 aliphatic carbocycles. The lowest BCUT2D eigenvalue weighted by molar-refractivity contribution is -0.133. The molecule has 2 amide bonds. The number of nitrogens with zero attached hydrogens (tertiary/aromatic N) is 3. The molecule has 0 atom stereocenters. The van der Waals surface area contributed by atoms with Gasteiger partial charge in [-0.05, 0) is 79.9 Å². The number of aromatic nitrogens is 2. The van der Waals surface area contributed by atoms with Gasteiger partial charge in [0.05, 0.1) is 12.1 Å². The smallest absolute Gasteiger partial charge is 0.251 e. The van der Waals surface area contributed by atoms with Crippen molar-refractivity contribution in [3.8, 4) is 0 Å². The number of likely N-dealkylation sites (tertiary alicyclic amines) is 1. The number of rotatable bonds is 10. The highest BCUT2D eigenvalue weighted by Gasteiger charge is 2.33. The molecule has 7 nitrogen and oxygen atoms in total. The van der Waals surface area contributed by atoms with Gasteiger partial charge in [-0.15, -0.1) is 0 Å². The van der Waals surface area contributed by atoms with E-state index in [1.165, 1.54) is 24.0 Å². The van der Waals surface area contributed by atoms with E-state index in [0.717, 1.165) is 60.4 Å². The van der Waals surface area contributed by atoms with Crippen LogP contribution in [0, 0.1) is 18.8 Å². The van der Waals surface area contributed by atoms with Gasteiger partial charge in [0.25, 0.3) is 5.91 Å². The van der Waals surface area contributed by atoms with E-state index in [4.69, 9.17) is 9.84 Å². The Hall–Kier alpha value is -3.52. The van der Waals surface area contributed by atoms with Gasteiger partial charge in [0.2, 0.25) is 5.91 Å². The predicted octanol–water partition coefficient (Wildman–Crippen LogP) is 5.18. The van der Waals surface area contributed by atoms with Gasteiger partial charge in [-0.2, -0.15) is 5.10 Å². The van der Waals surface area contributed by atoms with Crippen LogP contribution in [0.25, 0.3) is 10.9 Å². The summed E-state index contributed by atoms with van der Waals surface area (Å²) in [6.45, 7) is 5.97. The molecule has 210 valence electrons. The molecular formula is C32H37FN4O3. The SMILES string of the molecule is Cc1c(C(=O)NCCOCC2CC2)ccc2nn(CC3CN(C(=O)C4=CC=C(C5=CC=C(F)CC5)CC4)C3)cc12. The van der Waals surface area contributed by atoms with E-state index >= 15 is 0 Å². The van der Waals surface area contributed by atoms with E-state index in [1.54, 1.807) is 6.08 Å². The van der Waals surface area contributed by atoms with Crippen molar-refractivity contribution in [1.29, 1.82) is 0 Å². The van der Waals surface area contributed by atoms with Gasteiger partial charge >= 0.3 is 0 Å². The molecule has 0 radical (unpaired) electrons. The summed E-state index contributed by atoms with van der Waals surface area (Å²) in [5.41, 5.74) is 5.69. The highest BCUT2D eigenvalue weighted by molar-refractivity contribution is 6.00. The van der Waals surface area contributed by atoms with Crippen LogP contribution < -0.4 is 5.32 Å². The Morgan fingerprint density at radius 1 is 1.02 bits per heavy atom. The van der Waals surface area contributed by atoms with Gasteiger partial charge < -0.3 is 15.0 Å². The summed E-state index contributed by atoms with van der Waals surface area (Å²) in [5, 5.41) is 8.67. The Bertz CT molecular complexity index is 1440. The average molecular weight is 545 g/mol. The number of benzene rings is 1. The van der Waals surface area contributed by atoms with E-state index in [9.17, 15) is 14.0 Å². The molecule has 8 heteroatoms. The average Bonchev–Trinajstić information content (AvgIpc) is 3.67. The minimum atomic E-state index is -0.0875. The Morgan fingerprint density at radius 2 is 1.80 bits per heavy atom. The number of allylic oxidation sites excluding steroid dienone is 7. The number of amides is 2. The summed E-state index contributed by atoms with van der Waals surface area (Å²) in [6.07, 6.45) is 14.7. The normalized spacial score (nSPS) is 19.5. The predicted molar refractivity (Wildman–Crippen MR) is 152 cm³/mol. The zero-order chi connectivity index (χ0) is 27.6. The monoisotopic (exact) mass is 544 g/mol. The maximum absolute atomic E-state index is 13.3. The number of halogens is 1. The molecule has 1 aliphatic heterocycles. The van der Waals surface area contributed by atoms with Crippen LogP contribution in [-0.4, -0.2) is 59.3 Å². The third-order valence-electron chi connectivity index (χ3n) is 8.46. The lowest BCUT2D eigenvalue weighted by atomic mass is 9.88. The van der Waals surface area contributed by atoms with Crippen molar-refractivity contribution in [2.75, 3.05) is 32.8 Å². The van der Waals surface area contributed by atoms with E-state index in [0.29, 0.717) is 44.1 Å². The number of hydrogen-bond donors (Lipinski definition) is 1. The second-order valence-corrected chi connectivity index (χ2v) is 11.6. The molecule has 0 spiro atoms. The largest absolute Gasteiger partial charge is 0.379 e. The van der Waals surface area contributed by atoms with Crippen LogP contribution in [0.3, 0.4) is 0 Å². The Labute approximate surface area is 234 Å². The quantitative estimate of drug-likeness (QED) is 0.418. The summed E-state index contributed by atoms with van der Waals surface area (Å²) in [4.78, 5) is 27.7. The Kier molecular flexibility index (Phi) is 7.69. The van der Waals surface area contributed by atoms with Gasteiger partial charge in [0, 0.05) is 67.8 Å². The van der Waals surface area contributed by atoms with Gasteiger partial charge in [0.15, 0.2) is 0 Å². The number of carbonyl (C=O) groups excluding carboxylic acids is 2. The maximum atomic E-state index is 13.3. The van der Waals surface area contributed by atoms with Crippen LogP contribution in [0.15, 0.2) is 65.2 Å². The lowest BCUT2D eigenvalue weighted by Crippen LogP contribution is -2.52. The third kappa shape index (κ3) is 5.97. The number of carbonyl (C=O) groups is 2. The van der Waals surface area contributed by atoms with Crippen molar-refractivity contribution in [2.45, 2.75) is 52.0 Å². The first kappa shape index (κ1) is 26.7. The standard InChI is InChI=1S/C32H37FN4O3/c1-21-28(31(38)34-14-15-40-20-22-2-3-22)12-13-30-29(21)19-37(35-30)18-23-16-36(17-23)32(39)26-6-4-24(5-7-26)25-8-10-27(33)11-9-25/h4,6,8,10,12-13,19,22-23H,2-3,5,7,9,11,14-18,20H2,1H3,(H,34,38). The van der Waals surface area contributed by atoms with Gasteiger partial charge in [-0.25, -0.2) is 4.39 Å². The summed E-state index contributed by atoms with van der Waals surface area (Å²) >= 11 is 0. The first-order valence-corrected chi connectivity index (χ1v) is 14.5. The van der Waals surface area contributed by atoms with Crippen molar-refractivity contribution in [2.24, 2.45) is 11.8 Å². The molecule has 2 aromatic rings. The summed E-state index contributed by atoms with van der Waals surface area (Å²) in [5.74, 6) is 1.03. The molecule has 0 unspecified atom stereocenters. The summed E-state index contributed by atoms with van der Waals surface area (Å²) < 4.78 is 20.9. The topological polar surface area (TPSA) is 76.5 Å². The van der Waals surface area contributed by atoms with E-state index in [2.05, 4.69) is 5.32 Å². The molecule has 2 heterocycles. The molecule has 1 aromatic heterocycles. The molecule has 1 saturated carbocycles. The van der Waals surface area contributed by atoms with Crippen molar-refractivity contribution in [3.05, 3.63) is 76.3 Å². The molecule has 6 rings (SSSR count). The molecule has 1 aromatic carbocycles. The van der Waals surface area contributed by atoms with Gasteiger partial charge in [-0.1, -0.05) is 18.2 Å². The van der Waals surface area contributed by atoms with Crippen molar-refractivity contribution >= 4 is 22.7 Å². The minimum absolute atomic E-state index is 0.0647. The van der Waals surface area contributed by atoms with E-state index in [-0.39, 0.29) is 17.6 Å². The minimum Gasteiger partial charge on any atom is -0.379 e. The fourth-order valence-electron chi connectivity index (χ4n) is 5.77. The van der Waals surface area contributed by atoms with Crippen molar-refractivity contribution < 1.29 is 18.7 Å².